The summed E-state index contributed by atoms with van der Waals surface area (Å²) in [7, 11) is 0. The summed E-state index contributed by atoms with van der Waals surface area (Å²) in [6, 6.07) is 1.94. The highest BCUT2D eigenvalue weighted by Gasteiger charge is 2.26. The van der Waals surface area contributed by atoms with E-state index in [0.29, 0.717) is 0 Å². The van der Waals surface area contributed by atoms with E-state index in [9.17, 15) is 9.59 Å². The van der Waals surface area contributed by atoms with Crippen molar-refractivity contribution in [2.75, 3.05) is 13.1 Å². The van der Waals surface area contributed by atoms with Crippen LogP contribution in [0.2, 0.25) is 0 Å². The molecule has 3 amide bonds. The summed E-state index contributed by atoms with van der Waals surface area (Å²) in [4.78, 5) is 26.9. The van der Waals surface area contributed by atoms with E-state index in [1.54, 1.807) is 11.3 Å². The van der Waals surface area contributed by atoms with Crippen LogP contribution < -0.4 is 10.6 Å². The molecule has 1 unspecified atom stereocenters. The van der Waals surface area contributed by atoms with Gasteiger partial charge in [0.2, 0.25) is 5.91 Å². The maximum Gasteiger partial charge on any atom is 0.321 e. The van der Waals surface area contributed by atoms with Crippen LogP contribution in [0, 0.1) is 0 Å². The molecule has 0 saturated heterocycles. The van der Waals surface area contributed by atoms with Crippen LogP contribution >= 0.6 is 11.3 Å². The van der Waals surface area contributed by atoms with Crippen molar-refractivity contribution in [1.82, 2.24) is 15.5 Å². The molecule has 1 aliphatic heterocycles. The van der Waals surface area contributed by atoms with Crippen LogP contribution in [0.25, 0.3) is 0 Å². The molecule has 20 heavy (non-hydrogen) atoms. The standard InChI is InChI=1S/C14H21N3O2S/c1-9(2)15-14(19)16-13(18)8-17-6-4-12-11(10(17)3)5-7-20-12/h5,7,9-10H,4,6,8H2,1-3H3,(H2,15,16,18,19). The SMILES string of the molecule is CC(C)NC(=O)NC(=O)CN1CCc2sccc2C1C. The lowest BCUT2D eigenvalue weighted by Gasteiger charge is -2.32. The highest BCUT2D eigenvalue weighted by Crippen LogP contribution is 2.32. The van der Waals surface area contributed by atoms with Crippen LogP contribution in [0.15, 0.2) is 11.4 Å². The van der Waals surface area contributed by atoms with Gasteiger partial charge in [-0.3, -0.25) is 15.0 Å². The minimum absolute atomic E-state index is 0.0186. The number of urea groups is 1. The molecular weight excluding hydrogens is 274 g/mol. The van der Waals surface area contributed by atoms with Gasteiger partial charge >= 0.3 is 6.03 Å². The molecule has 5 nitrogen and oxygen atoms in total. The molecule has 1 aromatic rings. The van der Waals surface area contributed by atoms with Gasteiger partial charge < -0.3 is 5.32 Å². The first kappa shape index (κ1) is 15.0. The highest BCUT2D eigenvalue weighted by molar-refractivity contribution is 7.10. The second-order valence-corrected chi connectivity index (χ2v) is 6.37. The molecule has 0 bridgehead atoms. The summed E-state index contributed by atoms with van der Waals surface area (Å²) in [5.74, 6) is -0.256. The number of imide groups is 1. The van der Waals surface area contributed by atoms with E-state index < -0.39 is 6.03 Å². The van der Waals surface area contributed by atoms with E-state index in [1.807, 2.05) is 13.8 Å². The van der Waals surface area contributed by atoms with E-state index >= 15 is 0 Å². The largest absolute Gasteiger partial charge is 0.336 e. The number of amides is 3. The lowest BCUT2D eigenvalue weighted by molar-refractivity contribution is -0.121. The summed E-state index contributed by atoms with van der Waals surface area (Å²) >= 11 is 1.78. The normalized spacial score (nSPS) is 18.7. The second kappa shape index (κ2) is 6.37. The van der Waals surface area contributed by atoms with Crippen molar-refractivity contribution in [3.05, 3.63) is 21.9 Å². The molecule has 0 aromatic carbocycles. The number of hydrogen-bond acceptors (Lipinski definition) is 4. The van der Waals surface area contributed by atoms with Crippen molar-refractivity contribution in [2.45, 2.75) is 39.3 Å². The van der Waals surface area contributed by atoms with Crippen LogP contribution in [0.3, 0.4) is 0 Å². The molecule has 0 saturated carbocycles. The first-order valence-corrected chi connectivity index (χ1v) is 7.76. The van der Waals surface area contributed by atoms with Crippen molar-refractivity contribution in [3.63, 3.8) is 0 Å². The summed E-state index contributed by atoms with van der Waals surface area (Å²) in [5, 5.41) is 7.11. The molecule has 2 rings (SSSR count). The fourth-order valence-corrected chi connectivity index (χ4v) is 3.39. The zero-order valence-electron chi connectivity index (χ0n) is 12.1. The maximum atomic E-state index is 11.9. The zero-order valence-corrected chi connectivity index (χ0v) is 12.9. The highest BCUT2D eigenvalue weighted by atomic mass is 32.1. The number of carbonyl (C=O) groups excluding carboxylic acids is 2. The van der Waals surface area contributed by atoms with E-state index in [-0.39, 0.29) is 24.5 Å². The number of nitrogens with one attached hydrogen (secondary N) is 2. The van der Waals surface area contributed by atoms with Crippen molar-refractivity contribution < 1.29 is 9.59 Å². The molecule has 1 aliphatic rings. The summed E-state index contributed by atoms with van der Waals surface area (Å²) in [6.07, 6.45) is 0.975. The van der Waals surface area contributed by atoms with Crippen LogP contribution in [0.5, 0.6) is 0 Å². The summed E-state index contributed by atoms with van der Waals surface area (Å²) in [6.45, 7) is 6.92. The van der Waals surface area contributed by atoms with Crippen LogP contribution in [-0.4, -0.2) is 36.0 Å². The summed E-state index contributed by atoms with van der Waals surface area (Å²) < 4.78 is 0. The average Bonchev–Trinajstić information content (AvgIpc) is 2.80. The summed E-state index contributed by atoms with van der Waals surface area (Å²) in [5.41, 5.74) is 1.31. The molecule has 0 radical (unpaired) electrons. The Morgan fingerprint density at radius 1 is 1.50 bits per heavy atom. The fourth-order valence-electron chi connectivity index (χ4n) is 2.43. The van der Waals surface area contributed by atoms with E-state index in [2.05, 4.69) is 33.9 Å². The van der Waals surface area contributed by atoms with Crippen molar-refractivity contribution >= 4 is 23.3 Å². The maximum absolute atomic E-state index is 11.9. The Morgan fingerprint density at radius 3 is 2.95 bits per heavy atom. The molecule has 2 heterocycles. The molecule has 0 fully saturated rings. The van der Waals surface area contributed by atoms with Gasteiger partial charge in [0.1, 0.15) is 0 Å². The van der Waals surface area contributed by atoms with Gasteiger partial charge in [-0.05, 0) is 44.2 Å². The Morgan fingerprint density at radius 2 is 2.25 bits per heavy atom. The first-order chi connectivity index (χ1) is 9.47. The van der Waals surface area contributed by atoms with E-state index in [1.165, 1.54) is 10.4 Å². The molecule has 1 aromatic heterocycles. The average molecular weight is 295 g/mol. The molecule has 110 valence electrons. The van der Waals surface area contributed by atoms with Crippen molar-refractivity contribution in [2.24, 2.45) is 0 Å². The monoisotopic (exact) mass is 295 g/mol. The fraction of sp³-hybridized carbons (Fsp3) is 0.571. The van der Waals surface area contributed by atoms with Crippen molar-refractivity contribution in [1.29, 1.82) is 0 Å². The van der Waals surface area contributed by atoms with Gasteiger partial charge in [0.25, 0.3) is 0 Å². The van der Waals surface area contributed by atoms with Gasteiger partial charge in [-0.25, -0.2) is 4.79 Å². The van der Waals surface area contributed by atoms with Gasteiger partial charge in [0.05, 0.1) is 6.54 Å². The molecule has 1 atom stereocenters. The molecular formula is C14H21N3O2S. The van der Waals surface area contributed by atoms with Gasteiger partial charge in [-0.2, -0.15) is 0 Å². The molecule has 2 N–H and O–H groups in total. The predicted molar refractivity (Wildman–Crippen MR) is 79.8 cm³/mol. The number of fused-ring (bicyclic) bond motifs is 1. The van der Waals surface area contributed by atoms with Crippen LogP contribution in [-0.2, 0) is 11.2 Å². The van der Waals surface area contributed by atoms with Gasteiger partial charge in [0.15, 0.2) is 0 Å². The molecule has 0 spiro atoms. The number of nitrogens with zero attached hydrogens (tertiary/aromatic N) is 1. The Labute approximate surface area is 123 Å². The van der Waals surface area contributed by atoms with Crippen LogP contribution in [0.4, 0.5) is 4.79 Å². The second-order valence-electron chi connectivity index (χ2n) is 5.37. The third-order valence-electron chi connectivity index (χ3n) is 3.42. The lowest BCUT2D eigenvalue weighted by atomic mass is 10.0. The van der Waals surface area contributed by atoms with Gasteiger partial charge in [-0.1, -0.05) is 0 Å². The van der Waals surface area contributed by atoms with E-state index in [0.717, 1.165) is 13.0 Å². The topological polar surface area (TPSA) is 61.4 Å². The minimum Gasteiger partial charge on any atom is -0.336 e. The number of hydrogen-bond donors (Lipinski definition) is 2. The lowest BCUT2D eigenvalue weighted by Crippen LogP contribution is -2.47. The Balaban J connectivity index is 1.88. The van der Waals surface area contributed by atoms with E-state index in [4.69, 9.17) is 0 Å². The molecule has 0 aliphatic carbocycles. The first-order valence-electron chi connectivity index (χ1n) is 6.88. The minimum atomic E-state index is -0.425. The quantitative estimate of drug-likeness (QED) is 0.895. The van der Waals surface area contributed by atoms with Crippen molar-refractivity contribution in [3.8, 4) is 0 Å². The Hall–Kier alpha value is -1.40. The number of thiophene rings is 1. The molecule has 6 heteroatoms. The smallest absolute Gasteiger partial charge is 0.321 e. The third-order valence-corrected chi connectivity index (χ3v) is 4.42. The van der Waals surface area contributed by atoms with Gasteiger partial charge in [0, 0.05) is 23.5 Å². The third kappa shape index (κ3) is 3.58. The van der Waals surface area contributed by atoms with Crippen LogP contribution in [0.1, 0.15) is 37.3 Å². The zero-order chi connectivity index (χ0) is 14.7. The Kier molecular flexibility index (Phi) is 4.77. The number of carbonyl (C=O) groups is 2. The Bertz CT molecular complexity index is 498. The van der Waals surface area contributed by atoms with Gasteiger partial charge in [-0.15, -0.1) is 11.3 Å². The predicted octanol–water partition coefficient (Wildman–Crippen LogP) is 1.90. The number of rotatable bonds is 3.